The van der Waals surface area contributed by atoms with Crippen LogP contribution in [0.5, 0.6) is 11.5 Å². The van der Waals surface area contributed by atoms with Crippen LogP contribution in [0.3, 0.4) is 0 Å². The quantitative estimate of drug-likeness (QED) is 0.0179. The maximum Gasteiger partial charge on any atom is 0.269 e. The number of benzene rings is 6. The summed E-state index contributed by atoms with van der Waals surface area (Å²) in [7, 11) is -6.63. The van der Waals surface area contributed by atoms with Crippen molar-refractivity contribution in [1.82, 2.24) is 39.0 Å². The molecule has 4 amide bonds. The molecule has 28 heteroatoms. The van der Waals surface area contributed by atoms with E-state index in [1.54, 1.807) is 24.3 Å². The second kappa shape index (κ2) is 37.1. The third-order valence-corrected chi connectivity index (χ3v) is 24.4. The van der Waals surface area contributed by atoms with Gasteiger partial charge in [0.25, 0.3) is 23.2 Å². The second-order valence-corrected chi connectivity index (χ2v) is 33.3. The normalized spacial score (nSPS) is 16.9. The highest BCUT2D eigenvalue weighted by atomic mass is 32.2. The summed E-state index contributed by atoms with van der Waals surface area (Å²) in [5.74, 6) is 1.12. The highest BCUT2D eigenvalue weighted by molar-refractivity contribution is 7.88. The number of nitrogens with one attached hydrogen (secondary N) is 4. The molecule has 3 aliphatic heterocycles. The number of amides is 4. The van der Waals surface area contributed by atoms with Gasteiger partial charge in [-0.05, 0) is 170 Å². The summed E-state index contributed by atoms with van der Waals surface area (Å²) in [6.07, 6.45) is 23.7. The molecule has 4 fully saturated rings. The Morgan fingerprint density at radius 2 is 1.02 bits per heavy atom. The van der Waals surface area contributed by atoms with Crippen LogP contribution in [0.25, 0.3) is 44.3 Å². The average Bonchev–Trinajstić information content (AvgIpc) is 1.58. The Kier molecular flexibility index (Phi) is 26.8. The lowest BCUT2D eigenvalue weighted by Crippen LogP contribution is -2.48. The molecule has 2 saturated carbocycles. The summed E-state index contributed by atoms with van der Waals surface area (Å²) in [4.78, 5) is 80.1. The molecule has 5 aliphatic rings. The summed E-state index contributed by atoms with van der Waals surface area (Å²) in [5, 5.41) is 37.6. The van der Waals surface area contributed by atoms with E-state index in [1.807, 2.05) is 111 Å². The predicted molar refractivity (Wildman–Crippen MR) is 437 cm³/mol. The van der Waals surface area contributed by atoms with Crippen molar-refractivity contribution < 1.29 is 55.3 Å². The number of fused-ring (bicyclic) bond motifs is 2. The van der Waals surface area contributed by atoms with E-state index in [0.717, 1.165) is 107 Å². The van der Waals surface area contributed by atoms with Crippen LogP contribution in [-0.4, -0.2) is 159 Å². The first-order valence-electron chi connectivity index (χ1n) is 38.7. The van der Waals surface area contributed by atoms with Crippen LogP contribution < -0.4 is 40.5 Å². The number of sulfonamides is 2. The molecule has 8 aromatic rings. The molecular weight excluding hydrogens is 1470 g/mol. The monoisotopic (exact) mass is 1560 g/mol. The van der Waals surface area contributed by atoms with Gasteiger partial charge in [0, 0.05) is 147 Å². The van der Waals surface area contributed by atoms with Gasteiger partial charge in [-0.2, -0.15) is 8.61 Å². The molecule has 2 aliphatic carbocycles. The summed E-state index contributed by atoms with van der Waals surface area (Å²) in [5.41, 5.74) is 11.5. The minimum atomic E-state index is -3.32. The Morgan fingerprint density at radius 3 is 1.52 bits per heavy atom. The van der Waals surface area contributed by atoms with Crippen molar-refractivity contribution in [2.45, 2.75) is 128 Å². The first kappa shape index (κ1) is 80.8. The van der Waals surface area contributed by atoms with E-state index < -0.39 is 29.9 Å². The molecule has 112 heavy (non-hydrogen) atoms. The molecule has 13 rings (SSSR count). The van der Waals surface area contributed by atoms with Crippen molar-refractivity contribution >= 4 is 88.2 Å². The zero-order valence-electron chi connectivity index (χ0n) is 63.7. The minimum absolute atomic E-state index is 0.0515. The van der Waals surface area contributed by atoms with Crippen LogP contribution in [0.1, 0.15) is 145 Å². The Morgan fingerprint density at radius 1 is 0.554 bits per heavy atom. The molecule has 6 aromatic carbocycles. The summed E-state index contributed by atoms with van der Waals surface area (Å²) >= 11 is 0. The van der Waals surface area contributed by atoms with Crippen LogP contribution in [0.2, 0.25) is 0 Å². The Balaban J connectivity index is 0.000000208. The van der Waals surface area contributed by atoms with Gasteiger partial charge >= 0.3 is 0 Å². The van der Waals surface area contributed by atoms with Gasteiger partial charge in [0.15, 0.2) is 0 Å². The maximum absolute atomic E-state index is 13.5. The van der Waals surface area contributed by atoms with Gasteiger partial charge in [-0.15, -0.1) is 13.2 Å². The van der Waals surface area contributed by atoms with Crippen LogP contribution in [-0.2, 0) is 55.9 Å². The van der Waals surface area contributed by atoms with Crippen molar-refractivity contribution in [1.29, 1.82) is 0 Å². The van der Waals surface area contributed by atoms with Gasteiger partial charge < -0.3 is 49.7 Å². The third-order valence-electron chi connectivity index (χ3n) is 21.8. The van der Waals surface area contributed by atoms with E-state index >= 15 is 0 Å². The molecule has 2 aromatic heterocycles. The number of nitro groups is 2. The number of anilines is 2. The highest BCUT2D eigenvalue weighted by Crippen LogP contribution is 2.47. The van der Waals surface area contributed by atoms with Gasteiger partial charge in [0.2, 0.25) is 31.9 Å². The summed E-state index contributed by atoms with van der Waals surface area (Å²) in [6.45, 7) is 12.8. The number of carbonyl (C=O) groups excluding carboxylic acids is 4. The first-order chi connectivity index (χ1) is 54.0. The molecule has 4 N–H and O–H groups in total. The Hall–Kier alpha value is -10.7. The van der Waals surface area contributed by atoms with E-state index in [2.05, 4.69) is 39.0 Å². The van der Waals surface area contributed by atoms with Crippen LogP contribution in [0.15, 0.2) is 159 Å². The van der Waals surface area contributed by atoms with Crippen molar-refractivity contribution in [2.75, 3.05) is 101 Å². The van der Waals surface area contributed by atoms with E-state index in [4.69, 9.17) is 9.47 Å². The zero-order chi connectivity index (χ0) is 79.1. The van der Waals surface area contributed by atoms with Gasteiger partial charge in [-0.1, -0.05) is 75.0 Å². The fraction of sp³-hybridized carbons (Fsp3) is 0.405. The number of rotatable bonds is 25. The number of nitrogens with zero attached hydrogens (tertiary/aromatic N) is 8. The number of aromatic nitrogens is 2. The molecule has 0 radical (unpaired) electrons. The molecule has 2 saturated heterocycles. The summed E-state index contributed by atoms with van der Waals surface area (Å²) in [6, 6.07) is 36.4. The fourth-order valence-electron chi connectivity index (χ4n) is 16.1. The SMILES string of the molecule is C=CCCNC(=O)Cn1c(-c2ccc(OCc3cc([N+](=O)[O-])ccc3N3CCN(S(C)(=O)=O)CC3)cc2)c(C2CCCCC2)c2ccc(C(=O)NCCC=C)cc21.CS(=O)(=O)N1CCN(c2ccc([N+](=O)[O-])cc2COc2ccc(-c3c(C4CCCCC4)c4ccc5cc4n3CC(=O)NCC/C=C\CCNC5=O)cc2)CC1. The number of nitro benzene ring substituents is 2. The smallest absolute Gasteiger partial charge is 0.269 e. The van der Waals surface area contributed by atoms with Crippen LogP contribution in [0, 0.1) is 20.2 Å². The molecule has 0 unspecified atom stereocenters. The highest BCUT2D eigenvalue weighted by Gasteiger charge is 2.33. The number of hydrogen-bond donors (Lipinski definition) is 4. The standard InChI is InChI=1S/C43H52N6O7S.C41H48N6O7S/c1-4-6-21-44-40(50)29-48-39-28-33(43(51)45-22-7-5-2)15-19-37(39)41(31-11-9-8-10-12-31)42(48)32-13-17-36(18-14-32)56-30-34-27-35(49(52)53)16-20-38(34)46-23-25-47(26-24-46)57(3,54)55;1-55(52,53)45-23-21-44(22-24-45)36-18-14-33(47(50)51)25-32(36)28-54-34-15-11-30(12-16-34)40-39(29-9-5-4-6-10-29)35-17-13-31-26-37(35)46(40)27-38(48)42-19-7-2-3-8-20-43-41(31)49/h4-5,13-20,27-28,31H,1-2,6-12,21-26,29-30H2,3H3,(H,44,50)(H,45,51);2-3,11-18,25-26,29H,4-10,19-24,27-28H2,1H3,(H,42,48)(H,43,49)/b;3-2-. The first-order valence-corrected chi connectivity index (χ1v) is 42.4. The van der Waals surface area contributed by atoms with Gasteiger partial charge in [-0.3, -0.25) is 39.4 Å². The lowest BCUT2D eigenvalue weighted by atomic mass is 9.81. The predicted octanol–water partition coefficient (Wildman–Crippen LogP) is 13.0. The van der Waals surface area contributed by atoms with Crippen molar-refractivity contribution in [3.05, 3.63) is 212 Å². The van der Waals surface area contributed by atoms with Crippen molar-refractivity contribution in [3.8, 4) is 34.0 Å². The fourth-order valence-corrected chi connectivity index (χ4v) is 17.7. The molecule has 0 atom stereocenters. The van der Waals surface area contributed by atoms with E-state index in [9.17, 15) is 56.2 Å². The average molecular weight is 1570 g/mol. The minimum Gasteiger partial charge on any atom is -0.489 e. The molecule has 26 nitrogen and oxygen atoms in total. The second-order valence-electron chi connectivity index (χ2n) is 29.3. The van der Waals surface area contributed by atoms with Gasteiger partial charge in [0.1, 0.15) is 37.8 Å². The molecule has 5 heterocycles. The molecule has 592 valence electrons. The Bertz CT molecular complexity index is 5050. The number of carbonyl (C=O) groups is 4. The zero-order valence-corrected chi connectivity index (χ0v) is 65.4. The third kappa shape index (κ3) is 19.8. The van der Waals surface area contributed by atoms with Crippen molar-refractivity contribution in [3.63, 3.8) is 0 Å². The Labute approximate surface area is 654 Å². The number of piperazine rings is 2. The lowest BCUT2D eigenvalue weighted by molar-refractivity contribution is -0.385. The van der Waals surface area contributed by atoms with Gasteiger partial charge in [-0.25, -0.2) is 16.8 Å². The van der Waals surface area contributed by atoms with E-state index in [-0.39, 0.29) is 67.2 Å². The van der Waals surface area contributed by atoms with Crippen molar-refractivity contribution in [2.24, 2.45) is 0 Å². The topological polar surface area (TPSA) is 312 Å². The van der Waals surface area contributed by atoms with E-state index in [0.29, 0.717) is 144 Å². The molecular formula is C84H100N12O14S2. The maximum atomic E-state index is 13.5. The van der Waals surface area contributed by atoms with Crippen LogP contribution >= 0.6 is 0 Å². The van der Waals surface area contributed by atoms with Crippen LogP contribution in [0.4, 0.5) is 22.7 Å². The molecule has 0 spiro atoms. The number of ether oxygens (including phenoxy) is 2. The van der Waals surface area contributed by atoms with Gasteiger partial charge in [0.05, 0.1) is 44.8 Å². The number of non-ortho nitro benzene ring substituents is 2. The number of hydrogen-bond acceptors (Lipinski definition) is 16. The largest absolute Gasteiger partial charge is 0.489 e. The van der Waals surface area contributed by atoms with E-state index in [1.165, 1.54) is 69.4 Å². The lowest BCUT2D eigenvalue weighted by Gasteiger charge is -2.35. The summed E-state index contributed by atoms with van der Waals surface area (Å²) < 4.78 is 67.9. The molecule has 2 bridgehead atoms.